The Morgan fingerprint density at radius 1 is 0.714 bits per heavy atom. The summed E-state index contributed by atoms with van der Waals surface area (Å²) in [6, 6.07) is 39.2. The van der Waals surface area contributed by atoms with Crippen LogP contribution in [0.25, 0.3) is 34.3 Å². The molecular weight excluding hydrogens is 514 g/mol. The van der Waals surface area contributed by atoms with Gasteiger partial charge in [0.25, 0.3) is 0 Å². The maximum absolute atomic E-state index is 13.2. The monoisotopic (exact) mass is 533 g/mol. The van der Waals surface area contributed by atoms with Crippen LogP contribution in [0.4, 0.5) is 0 Å². The van der Waals surface area contributed by atoms with Crippen LogP contribution in [0.2, 0.25) is 0 Å². The van der Waals surface area contributed by atoms with Crippen LogP contribution in [-0.2, 0) is 0 Å². The van der Waals surface area contributed by atoms with Gasteiger partial charge >= 0.3 is 0 Å². The summed E-state index contributed by atoms with van der Waals surface area (Å²) in [7, 11) is 0. The molecule has 168 valence electrons. The van der Waals surface area contributed by atoms with Gasteiger partial charge in [-0.15, -0.1) is 0 Å². The van der Waals surface area contributed by atoms with Crippen molar-refractivity contribution in [3.05, 3.63) is 136 Å². The highest BCUT2D eigenvalue weighted by molar-refractivity contribution is 9.10. The molecular formula is C31H20BrNOS. The summed E-state index contributed by atoms with van der Waals surface area (Å²) in [5, 5.41) is 0. The van der Waals surface area contributed by atoms with Crippen LogP contribution in [0.15, 0.2) is 130 Å². The molecule has 0 saturated carbocycles. The molecule has 0 unspecified atom stereocenters. The first-order valence-corrected chi connectivity index (χ1v) is 13.0. The van der Waals surface area contributed by atoms with E-state index in [1.165, 1.54) is 0 Å². The lowest BCUT2D eigenvalue weighted by Crippen LogP contribution is -2.00. The molecule has 2 heterocycles. The minimum absolute atomic E-state index is 0.0854. The van der Waals surface area contributed by atoms with Gasteiger partial charge in [0.1, 0.15) is 0 Å². The summed E-state index contributed by atoms with van der Waals surface area (Å²) in [5.74, 6) is 0.0854. The van der Waals surface area contributed by atoms with E-state index in [0.717, 1.165) is 53.6 Å². The molecule has 0 fully saturated rings. The van der Waals surface area contributed by atoms with Crippen LogP contribution >= 0.6 is 27.7 Å². The molecule has 0 saturated heterocycles. The summed E-state index contributed by atoms with van der Waals surface area (Å²) in [6.45, 7) is 0. The first kappa shape index (κ1) is 21.9. The molecule has 35 heavy (non-hydrogen) atoms. The van der Waals surface area contributed by atoms with Crippen LogP contribution < -0.4 is 0 Å². The number of carbonyl (C=O) groups is 1. The third-order valence-electron chi connectivity index (χ3n) is 6.09. The van der Waals surface area contributed by atoms with Crippen molar-refractivity contribution in [3.8, 4) is 28.2 Å². The van der Waals surface area contributed by atoms with Crippen LogP contribution in [0.3, 0.4) is 0 Å². The van der Waals surface area contributed by atoms with Crippen molar-refractivity contribution in [3.63, 3.8) is 0 Å². The number of allylic oxidation sites excluding steroid dienone is 1. The number of halogens is 1. The number of ketones is 1. The Kier molecular flexibility index (Phi) is 5.77. The zero-order valence-corrected chi connectivity index (χ0v) is 21.1. The Morgan fingerprint density at radius 3 is 2.03 bits per heavy atom. The maximum Gasteiger partial charge on any atom is 0.200 e. The molecule has 0 spiro atoms. The second-order valence-electron chi connectivity index (χ2n) is 8.31. The predicted octanol–water partition coefficient (Wildman–Crippen LogP) is 8.90. The van der Waals surface area contributed by atoms with Gasteiger partial charge in [0.2, 0.25) is 5.78 Å². The molecule has 0 bridgehead atoms. The van der Waals surface area contributed by atoms with Crippen LogP contribution in [0.1, 0.15) is 15.9 Å². The molecule has 0 atom stereocenters. The minimum Gasteiger partial charge on any atom is -0.309 e. The number of rotatable bonds is 4. The van der Waals surface area contributed by atoms with Gasteiger partial charge in [-0.3, -0.25) is 4.79 Å². The Morgan fingerprint density at radius 2 is 1.34 bits per heavy atom. The number of nitrogens with zero attached hydrogens (tertiary/aromatic N) is 1. The lowest BCUT2D eigenvalue weighted by molar-refractivity contribution is 0.104. The summed E-state index contributed by atoms with van der Waals surface area (Å²) in [5.41, 5.74) is 7.20. The Balaban J connectivity index is 1.62. The molecule has 0 aliphatic carbocycles. The molecule has 0 N–H and O–H groups in total. The lowest BCUT2D eigenvalue weighted by atomic mass is 10.1. The van der Waals surface area contributed by atoms with E-state index in [2.05, 4.69) is 105 Å². The first-order chi connectivity index (χ1) is 17.2. The summed E-state index contributed by atoms with van der Waals surface area (Å²) in [6.07, 6.45) is 2.05. The summed E-state index contributed by atoms with van der Waals surface area (Å²) in [4.78, 5) is 15.0. The zero-order chi connectivity index (χ0) is 23.8. The van der Waals surface area contributed by atoms with Gasteiger partial charge in [0.15, 0.2) is 0 Å². The number of hydrogen-bond donors (Lipinski definition) is 0. The third kappa shape index (κ3) is 4.09. The summed E-state index contributed by atoms with van der Waals surface area (Å²) < 4.78 is 3.32. The number of benzene rings is 4. The molecule has 0 radical (unpaired) electrons. The highest BCUT2D eigenvalue weighted by atomic mass is 79.9. The van der Waals surface area contributed by atoms with Crippen molar-refractivity contribution in [2.45, 2.75) is 4.90 Å². The molecule has 5 aromatic rings. The van der Waals surface area contributed by atoms with Crippen LogP contribution in [-0.4, -0.2) is 10.4 Å². The number of thioether (sulfide) groups is 1. The topological polar surface area (TPSA) is 22.0 Å². The number of hydrogen-bond acceptors (Lipinski definition) is 2. The third-order valence-corrected chi connectivity index (χ3v) is 7.72. The van der Waals surface area contributed by atoms with Crippen molar-refractivity contribution in [2.24, 2.45) is 0 Å². The zero-order valence-electron chi connectivity index (χ0n) is 18.7. The standard InChI is InChI=1S/C31H20BrNOS/c32-24-15-17-25(18-16-24)33-27(21-9-3-1-4-10-21)19-23(30(33)22-11-5-2-6-12-22)20-29-31(34)26-13-7-8-14-28(26)35-29/h1-20H/b29-20-. The van der Waals surface area contributed by atoms with Gasteiger partial charge in [-0.05, 0) is 59.7 Å². The fraction of sp³-hybridized carbons (Fsp3) is 0. The average molecular weight is 534 g/mol. The molecule has 1 aromatic heterocycles. The number of aromatic nitrogens is 1. The van der Waals surface area contributed by atoms with Gasteiger partial charge < -0.3 is 4.57 Å². The van der Waals surface area contributed by atoms with Crippen molar-refractivity contribution < 1.29 is 4.79 Å². The van der Waals surface area contributed by atoms with Gasteiger partial charge in [-0.25, -0.2) is 0 Å². The second kappa shape index (κ2) is 9.21. The van der Waals surface area contributed by atoms with Gasteiger partial charge in [0, 0.05) is 26.2 Å². The van der Waals surface area contributed by atoms with E-state index in [0.29, 0.717) is 0 Å². The highest BCUT2D eigenvalue weighted by Gasteiger charge is 2.27. The molecule has 4 aromatic carbocycles. The van der Waals surface area contributed by atoms with E-state index in [9.17, 15) is 4.79 Å². The maximum atomic E-state index is 13.2. The molecule has 1 aliphatic heterocycles. The van der Waals surface area contributed by atoms with Gasteiger partial charge in [-0.2, -0.15) is 0 Å². The smallest absolute Gasteiger partial charge is 0.200 e. The van der Waals surface area contributed by atoms with Crippen molar-refractivity contribution in [1.82, 2.24) is 4.57 Å². The fourth-order valence-electron chi connectivity index (χ4n) is 4.49. The van der Waals surface area contributed by atoms with Crippen molar-refractivity contribution >= 4 is 39.6 Å². The fourth-order valence-corrected chi connectivity index (χ4v) is 5.80. The molecule has 2 nitrogen and oxygen atoms in total. The lowest BCUT2D eigenvalue weighted by Gasteiger charge is -2.15. The van der Waals surface area contributed by atoms with Gasteiger partial charge in [-0.1, -0.05) is 100 Å². The second-order valence-corrected chi connectivity index (χ2v) is 10.3. The Hall–Kier alpha value is -3.60. The molecule has 4 heteroatoms. The van der Waals surface area contributed by atoms with Crippen molar-refractivity contribution in [1.29, 1.82) is 0 Å². The number of Topliss-reactive ketones (excluding diaryl/α,β-unsaturated/α-hetero) is 1. The Bertz CT molecular complexity index is 1570. The number of fused-ring (bicyclic) bond motifs is 1. The van der Waals surface area contributed by atoms with E-state index < -0.39 is 0 Å². The van der Waals surface area contributed by atoms with Gasteiger partial charge in [0.05, 0.1) is 16.3 Å². The number of carbonyl (C=O) groups excluding carboxylic acids is 1. The normalized spacial score (nSPS) is 13.9. The SMILES string of the molecule is O=C1/C(=C/c2cc(-c3ccccc3)n(-c3ccc(Br)cc3)c2-c2ccccc2)Sc2ccccc21. The van der Waals surface area contributed by atoms with E-state index in [-0.39, 0.29) is 5.78 Å². The van der Waals surface area contributed by atoms with E-state index >= 15 is 0 Å². The average Bonchev–Trinajstić information content (AvgIpc) is 3.44. The van der Waals surface area contributed by atoms with E-state index in [1.54, 1.807) is 11.8 Å². The van der Waals surface area contributed by atoms with E-state index in [4.69, 9.17) is 0 Å². The quantitative estimate of drug-likeness (QED) is 0.215. The van der Waals surface area contributed by atoms with E-state index in [1.807, 2.05) is 36.4 Å². The molecule has 0 amide bonds. The minimum atomic E-state index is 0.0854. The largest absolute Gasteiger partial charge is 0.309 e. The predicted molar refractivity (Wildman–Crippen MR) is 149 cm³/mol. The first-order valence-electron chi connectivity index (χ1n) is 11.3. The molecule has 1 aliphatic rings. The summed E-state index contributed by atoms with van der Waals surface area (Å²) >= 11 is 5.12. The molecule has 6 rings (SSSR count). The van der Waals surface area contributed by atoms with Crippen molar-refractivity contribution in [2.75, 3.05) is 0 Å². The van der Waals surface area contributed by atoms with Crippen LogP contribution in [0.5, 0.6) is 0 Å². The highest BCUT2D eigenvalue weighted by Crippen LogP contribution is 2.43. The van der Waals surface area contributed by atoms with Crippen LogP contribution in [0, 0.1) is 0 Å². The Labute approximate surface area is 217 Å².